The van der Waals surface area contributed by atoms with Crippen molar-refractivity contribution in [3.8, 4) is 0 Å². The van der Waals surface area contributed by atoms with Crippen LogP contribution in [0.2, 0.25) is 0 Å². The van der Waals surface area contributed by atoms with Gasteiger partial charge in [-0.15, -0.1) is 0 Å². The average Bonchev–Trinajstić information content (AvgIpc) is 3.73. The normalized spacial score (nSPS) is 43.0. The van der Waals surface area contributed by atoms with Crippen molar-refractivity contribution < 1.29 is 39.4 Å². The van der Waals surface area contributed by atoms with Gasteiger partial charge >= 0.3 is 0 Å². The number of likely N-dealkylation sites (N-methyl/N-ethyl adjacent to an activating group) is 1. The summed E-state index contributed by atoms with van der Waals surface area (Å²) in [4.78, 5) is 12.6. The predicted octanol–water partition coefficient (Wildman–Crippen LogP) is -4.06. The van der Waals surface area contributed by atoms with E-state index in [2.05, 4.69) is 16.0 Å². The van der Waals surface area contributed by atoms with Crippen LogP contribution in [-0.4, -0.2) is 126 Å². The maximum atomic E-state index is 12.6. The number of rotatable bonds is 11. The van der Waals surface area contributed by atoms with Gasteiger partial charge < -0.3 is 67.8 Å². The largest absolute Gasteiger partial charge is 0.492 e. The fourth-order valence-electron chi connectivity index (χ4n) is 6.07. The first-order valence-electron chi connectivity index (χ1n) is 14.3. The number of nitrogens with two attached hydrogens (primary N) is 3. The van der Waals surface area contributed by atoms with Gasteiger partial charge in [0.15, 0.2) is 6.29 Å². The third kappa shape index (κ3) is 7.13. The molecule has 13 N–H and O–H groups in total. The third-order valence-corrected chi connectivity index (χ3v) is 8.57. The van der Waals surface area contributed by atoms with E-state index < -0.39 is 78.4 Å². The standard InChI is InChI=1S/C26H48N6O8/c1-26(37)11-38-25(20(35)23(26)30-2)40-22-16(32-24(36)17(33)8-27)7-15(29)18(19(22)34)21-14(28)6-5-13(39-21)10-31-9-12-3-4-12/h5,12,14-23,25,30-31,33-35,37H,3-4,6-11,27-29H2,1-2H3,(H,32,36)/t14-,15+,16-,17+,18-,19+,20-,21?,22+,23-,25-,26+/m1/s1. The summed E-state index contributed by atoms with van der Waals surface area (Å²) in [5, 5.41) is 52.3. The Morgan fingerprint density at radius 1 is 1.25 bits per heavy atom. The smallest absolute Gasteiger partial charge is 0.250 e. The molecule has 0 radical (unpaired) electrons. The Morgan fingerprint density at radius 2 is 1.98 bits per heavy atom. The number of carbonyl (C=O) groups is 1. The van der Waals surface area contributed by atoms with Gasteiger partial charge in [-0.3, -0.25) is 4.79 Å². The lowest BCUT2D eigenvalue weighted by Crippen LogP contribution is -2.69. The number of amides is 1. The Morgan fingerprint density at radius 3 is 2.62 bits per heavy atom. The van der Waals surface area contributed by atoms with E-state index >= 15 is 0 Å². The summed E-state index contributed by atoms with van der Waals surface area (Å²) in [6.07, 6.45) is -1.92. The molecule has 3 fully saturated rings. The molecule has 0 spiro atoms. The number of nitrogens with one attached hydrogen (secondary N) is 3. The Labute approximate surface area is 234 Å². The minimum Gasteiger partial charge on any atom is -0.492 e. The van der Waals surface area contributed by atoms with E-state index in [4.69, 9.17) is 31.4 Å². The fourth-order valence-corrected chi connectivity index (χ4v) is 6.07. The van der Waals surface area contributed by atoms with Crippen molar-refractivity contribution in [2.75, 3.05) is 33.3 Å². The first-order valence-corrected chi connectivity index (χ1v) is 14.3. The molecule has 14 nitrogen and oxygen atoms in total. The van der Waals surface area contributed by atoms with Crippen molar-refractivity contribution in [2.45, 2.75) is 99.2 Å². The highest BCUT2D eigenvalue weighted by atomic mass is 16.7. The molecule has 2 heterocycles. The summed E-state index contributed by atoms with van der Waals surface area (Å²) in [6, 6.07) is -2.73. The molecule has 2 aliphatic carbocycles. The lowest BCUT2D eigenvalue weighted by molar-refractivity contribution is -0.297. The van der Waals surface area contributed by atoms with Crippen molar-refractivity contribution in [3.63, 3.8) is 0 Å². The van der Waals surface area contributed by atoms with E-state index in [0.29, 0.717) is 18.9 Å². The van der Waals surface area contributed by atoms with Crippen LogP contribution in [0.15, 0.2) is 11.8 Å². The van der Waals surface area contributed by atoms with Gasteiger partial charge in [-0.2, -0.15) is 0 Å². The second kappa shape index (κ2) is 13.3. The van der Waals surface area contributed by atoms with E-state index in [1.807, 2.05) is 6.08 Å². The van der Waals surface area contributed by atoms with Gasteiger partial charge in [0.25, 0.3) is 0 Å². The Balaban J connectivity index is 1.52. The molecular weight excluding hydrogens is 524 g/mol. The SMILES string of the molecule is CN[C@@H]1[C@@H](O)[C@@H](O[C@@H]2[C@@H](O)[C@H](C3OC(CNCC4CC4)=CC[C@H]3N)[C@@H](N)C[C@H]2NC(=O)[C@@H](O)CN)OC[C@]1(C)O. The zero-order valence-corrected chi connectivity index (χ0v) is 23.3. The molecule has 1 unspecified atom stereocenters. The molecule has 0 aromatic heterocycles. The van der Waals surface area contributed by atoms with Crippen molar-refractivity contribution in [1.29, 1.82) is 0 Å². The molecule has 4 rings (SSSR count). The first kappa shape index (κ1) is 31.5. The molecule has 230 valence electrons. The summed E-state index contributed by atoms with van der Waals surface area (Å²) in [5.41, 5.74) is 17.1. The maximum absolute atomic E-state index is 12.6. The highest BCUT2D eigenvalue weighted by Gasteiger charge is 2.53. The monoisotopic (exact) mass is 572 g/mol. The topological polar surface area (TPSA) is 240 Å². The molecule has 40 heavy (non-hydrogen) atoms. The van der Waals surface area contributed by atoms with E-state index in [9.17, 15) is 25.2 Å². The summed E-state index contributed by atoms with van der Waals surface area (Å²) in [5.74, 6) is 0.0272. The Hall–Kier alpha value is -1.43. The van der Waals surface area contributed by atoms with Gasteiger partial charge in [-0.05, 0) is 58.2 Å². The Bertz CT molecular complexity index is 891. The number of ether oxygens (including phenoxy) is 3. The van der Waals surface area contributed by atoms with Gasteiger partial charge in [0.2, 0.25) is 5.91 Å². The lowest BCUT2D eigenvalue weighted by atomic mass is 9.72. The van der Waals surface area contributed by atoms with E-state index in [0.717, 1.165) is 12.3 Å². The number of carbonyl (C=O) groups excluding carboxylic acids is 1. The zero-order valence-electron chi connectivity index (χ0n) is 23.3. The van der Waals surface area contributed by atoms with E-state index in [1.54, 1.807) is 7.05 Å². The van der Waals surface area contributed by atoms with Gasteiger partial charge in [-0.25, -0.2) is 0 Å². The van der Waals surface area contributed by atoms with Crippen molar-refractivity contribution in [2.24, 2.45) is 29.0 Å². The second-order valence-electron chi connectivity index (χ2n) is 12.0. The van der Waals surface area contributed by atoms with Crippen molar-refractivity contribution >= 4 is 5.91 Å². The summed E-state index contributed by atoms with van der Waals surface area (Å²) in [7, 11) is 1.60. The molecule has 0 bridgehead atoms. The predicted molar refractivity (Wildman–Crippen MR) is 144 cm³/mol. The molecule has 2 saturated carbocycles. The average molecular weight is 573 g/mol. The molecule has 4 aliphatic rings. The molecule has 14 heteroatoms. The zero-order chi connectivity index (χ0) is 29.2. The van der Waals surface area contributed by atoms with Gasteiger partial charge in [0.05, 0.1) is 31.3 Å². The summed E-state index contributed by atoms with van der Waals surface area (Å²) >= 11 is 0. The van der Waals surface area contributed by atoms with Crippen LogP contribution in [0, 0.1) is 11.8 Å². The molecule has 1 amide bonds. The molecule has 0 aromatic rings. The molecule has 0 aromatic carbocycles. The summed E-state index contributed by atoms with van der Waals surface area (Å²) in [6.45, 7) is 2.55. The van der Waals surface area contributed by atoms with Gasteiger partial charge in [0.1, 0.15) is 35.8 Å². The highest BCUT2D eigenvalue weighted by molar-refractivity contribution is 5.81. The first-order chi connectivity index (χ1) is 19.0. The van der Waals surface area contributed by atoms with Crippen LogP contribution >= 0.6 is 0 Å². The number of aliphatic hydroxyl groups is 4. The van der Waals surface area contributed by atoms with E-state index in [-0.39, 0.29) is 19.6 Å². The highest BCUT2D eigenvalue weighted by Crippen LogP contribution is 2.36. The van der Waals surface area contributed by atoms with Crippen LogP contribution < -0.4 is 33.2 Å². The van der Waals surface area contributed by atoms with Crippen LogP contribution in [-0.2, 0) is 19.0 Å². The second-order valence-corrected chi connectivity index (χ2v) is 12.0. The van der Waals surface area contributed by atoms with Crippen molar-refractivity contribution in [3.05, 3.63) is 11.8 Å². The van der Waals surface area contributed by atoms with Crippen molar-refractivity contribution in [1.82, 2.24) is 16.0 Å². The quantitative estimate of drug-likeness (QED) is 0.113. The minimum absolute atomic E-state index is 0.145. The van der Waals surface area contributed by atoms with Crippen LogP contribution in [0.1, 0.15) is 32.6 Å². The Kier molecular flexibility index (Phi) is 10.4. The van der Waals surface area contributed by atoms with Crippen LogP contribution in [0.5, 0.6) is 0 Å². The molecule has 1 saturated heterocycles. The van der Waals surface area contributed by atoms with Gasteiger partial charge in [0, 0.05) is 24.5 Å². The molecule has 2 aliphatic heterocycles. The fraction of sp³-hybridized carbons (Fsp3) is 0.885. The molecular formula is C26H48N6O8. The minimum atomic E-state index is -1.46. The summed E-state index contributed by atoms with van der Waals surface area (Å²) < 4.78 is 18.1. The molecule has 12 atom stereocenters. The van der Waals surface area contributed by atoms with Crippen LogP contribution in [0.4, 0.5) is 0 Å². The number of hydrogen-bond donors (Lipinski definition) is 10. The van der Waals surface area contributed by atoms with Crippen LogP contribution in [0.3, 0.4) is 0 Å². The number of hydrogen-bond acceptors (Lipinski definition) is 13. The maximum Gasteiger partial charge on any atom is 0.250 e. The van der Waals surface area contributed by atoms with Gasteiger partial charge in [-0.1, -0.05) is 0 Å². The number of aliphatic hydroxyl groups excluding tert-OH is 3. The lowest BCUT2D eigenvalue weighted by Gasteiger charge is -2.50. The van der Waals surface area contributed by atoms with E-state index in [1.165, 1.54) is 19.8 Å². The third-order valence-electron chi connectivity index (χ3n) is 8.57. The van der Waals surface area contributed by atoms with Crippen LogP contribution in [0.25, 0.3) is 0 Å².